The summed E-state index contributed by atoms with van der Waals surface area (Å²) >= 11 is 0. The smallest absolute Gasteiger partial charge is 0.355 e. The third-order valence-electron chi connectivity index (χ3n) is 2.57. The van der Waals surface area contributed by atoms with Crippen LogP contribution in [0.4, 0.5) is 0 Å². The molecular formula is C13H11NO2. The summed E-state index contributed by atoms with van der Waals surface area (Å²) in [6.07, 6.45) is 0. The number of hydrogen-bond acceptors (Lipinski definition) is 3. The second kappa shape index (κ2) is 3.82. The highest BCUT2D eigenvalue weighted by Gasteiger charge is 2.17. The minimum absolute atomic E-state index is 0.0908. The van der Waals surface area contributed by atoms with Crippen molar-refractivity contribution in [1.29, 1.82) is 5.26 Å². The van der Waals surface area contributed by atoms with E-state index in [4.69, 9.17) is 9.68 Å². The maximum Gasteiger partial charge on any atom is 0.355 e. The highest BCUT2D eigenvalue weighted by Crippen LogP contribution is 2.26. The molecule has 0 N–H and O–H groups in total. The summed E-state index contributed by atoms with van der Waals surface area (Å²) < 4.78 is 5.01. The van der Waals surface area contributed by atoms with Gasteiger partial charge in [-0.25, -0.2) is 4.79 Å². The molecule has 2 aliphatic rings. The molecule has 0 unspecified atom stereocenters. The van der Waals surface area contributed by atoms with Crippen LogP contribution in [0, 0.1) is 11.3 Å². The molecule has 0 fully saturated rings. The summed E-state index contributed by atoms with van der Waals surface area (Å²) in [5.74, 6) is 0.806. The van der Waals surface area contributed by atoms with Crippen LogP contribution in [0.5, 0.6) is 0 Å². The molecule has 1 aliphatic carbocycles. The van der Waals surface area contributed by atoms with Crippen molar-refractivity contribution in [3.05, 3.63) is 45.8 Å². The van der Waals surface area contributed by atoms with Gasteiger partial charge in [0.1, 0.15) is 17.4 Å². The Bertz CT molecular complexity index is 590. The molecule has 16 heavy (non-hydrogen) atoms. The van der Waals surface area contributed by atoms with E-state index in [1.165, 1.54) is 0 Å². The number of hydrogen-bond donors (Lipinski definition) is 0. The lowest BCUT2D eigenvalue weighted by atomic mass is 10.0. The van der Waals surface area contributed by atoms with Crippen molar-refractivity contribution in [2.45, 2.75) is 19.8 Å². The Hall–Kier alpha value is -2.08. The van der Waals surface area contributed by atoms with Gasteiger partial charge in [-0.1, -0.05) is 26.0 Å². The first kappa shape index (κ1) is 10.4. The maximum atomic E-state index is 11.4. The van der Waals surface area contributed by atoms with Crippen LogP contribution in [0.1, 0.15) is 30.9 Å². The first-order valence-corrected chi connectivity index (χ1v) is 5.10. The summed E-state index contributed by atoms with van der Waals surface area (Å²) in [7, 11) is 0. The number of fused-ring (bicyclic) bond motifs is 1. The number of rotatable bonds is 1. The maximum absolute atomic E-state index is 11.4. The lowest BCUT2D eigenvalue weighted by Gasteiger charge is -2.01. The highest BCUT2D eigenvalue weighted by molar-refractivity contribution is 5.67. The predicted molar refractivity (Wildman–Crippen MR) is 60.4 cm³/mol. The predicted octanol–water partition coefficient (Wildman–Crippen LogP) is 2.74. The average molecular weight is 213 g/mol. The SMILES string of the molecule is CC(C)c1cccc2oc(=O)c(C#N)c-2c1. The molecule has 0 saturated carbocycles. The second-order valence-electron chi connectivity index (χ2n) is 3.98. The molecule has 3 nitrogen and oxygen atoms in total. The van der Waals surface area contributed by atoms with E-state index in [-0.39, 0.29) is 5.56 Å². The molecule has 1 heterocycles. The highest BCUT2D eigenvalue weighted by atomic mass is 16.4. The van der Waals surface area contributed by atoms with E-state index in [0.717, 1.165) is 5.56 Å². The van der Waals surface area contributed by atoms with Crippen LogP contribution in [0.2, 0.25) is 0 Å². The Kier molecular flexibility index (Phi) is 2.49. The summed E-state index contributed by atoms with van der Waals surface area (Å²) in [5, 5.41) is 8.91. The van der Waals surface area contributed by atoms with Crippen molar-refractivity contribution in [2.24, 2.45) is 0 Å². The van der Waals surface area contributed by atoms with Crippen molar-refractivity contribution in [2.75, 3.05) is 0 Å². The fraction of sp³-hybridized carbons (Fsp3) is 0.231. The van der Waals surface area contributed by atoms with Gasteiger partial charge in [0.2, 0.25) is 0 Å². The molecule has 0 aromatic heterocycles. The lowest BCUT2D eigenvalue weighted by molar-refractivity contribution is 0.544. The van der Waals surface area contributed by atoms with Gasteiger partial charge >= 0.3 is 5.63 Å². The van der Waals surface area contributed by atoms with Gasteiger partial charge in [0.15, 0.2) is 0 Å². The normalized spacial score (nSPS) is 10.6. The minimum atomic E-state index is -0.557. The largest absolute Gasteiger partial charge is 0.422 e. The van der Waals surface area contributed by atoms with E-state index < -0.39 is 5.63 Å². The van der Waals surface area contributed by atoms with Crippen molar-refractivity contribution in [3.63, 3.8) is 0 Å². The van der Waals surface area contributed by atoms with Gasteiger partial charge in [-0.2, -0.15) is 5.26 Å². The molecule has 0 aromatic rings. The first-order valence-electron chi connectivity index (χ1n) is 5.10. The van der Waals surface area contributed by atoms with Crippen molar-refractivity contribution in [3.8, 4) is 17.4 Å². The monoisotopic (exact) mass is 213 g/mol. The molecule has 0 amide bonds. The third-order valence-corrected chi connectivity index (χ3v) is 2.57. The Morgan fingerprint density at radius 1 is 1.38 bits per heavy atom. The van der Waals surface area contributed by atoms with Crippen LogP contribution < -0.4 is 5.63 Å². The zero-order valence-electron chi connectivity index (χ0n) is 9.15. The van der Waals surface area contributed by atoms with Crippen molar-refractivity contribution in [1.82, 2.24) is 0 Å². The molecule has 2 rings (SSSR count). The fourth-order valence-corrected chi connectivity index (χ4v) is 1.63. The van der Waals surface area contributed by atoms with Gasteiger partial charge in [-0.3, -0.25) is 0 Å². The van der Waals surface area contributed by atoms with E-state index in [1.54, 1.807) is 6.07 Å². The van der Waals surface area contributed by atoms with E-state index >= 15 is 0 Å². The summed E-state index contributed by atoms with van der Waals surface area (Å²) in [6.45, 7) is 4.12. The zero-order chi connectivity index (χ0) is 11.7. The standard InChI is InChI=1S/C13H11NO2/c1-8(2)9-4-3-5-12-10(6-9)11(7-14)13(15)16-12/h3-6,8H,1-2H3. The lowest BCUT2D eigenvalue weighted by Crippen LogP contribution is -1.95. The van der Waals surface area contributed by atoms with Gasteiger partial charge in [0.05, 0.1) is 0 Å². The van der Waals surface area contributed by atoms with Gasteiger partial charge < -0.3 is 4.42 Å². The van der Waals surface area contributed by atoms with Gasteiger partial charge in [-0.05, 0) is 23.6 Å². The average Bonchev–Trinajstić information content (AvgIpc) is 2.42. The van der Waals surface area contributed by atoms with Crippen LogP contribution >= 0.6 is 0 Å². The molecular weight excluding hydrogens is 202 g/mol. The zero-order valence-corrected chi connectivity index (χ0v) is 9.15. The van der Waals surface area contributed by atoms with Gasteiger partial charge in [0.25, 0.3) is 0 Å². The van der Waals surface area contributed by atoms with Gasteiger partial charge in [-0.15, -0.1) is 0 Å². The van der Waals surface area contributed by atoms with Crippen LogP contribution in [0.25, 0.3) is 11.3 Å². The van der Waals surface area contributed by atoms with Crippen molar-refractivity contribution >= 4 is 0 Å². The number of nitrogens with zero attached hydrogens (tertiary/aromatic N) is 1. The second-order valence-corrected chi connectivity index (χ2v) is 3.98. The minimum Gasteiger partial charge on any atom is -0.422 e. The molecule has 80 valence electrons. The molecule has 1 aliphatic heterocycles. The molecule has 3 heteroatoms. The molecule has 0 aromatic carbocycles. The fourth-order valence-electron chi connectivity index (χ4n) is 1.63. The van der Waals surface area contributed by atoms with Crippen LogP contribution in [0.3, 0.4) is 0 Å². The van der Waals surface area contributed by atoms with Crippen LogP contribution in [-0.4, -0.2) is 0 Å². The Morgan fingerprint density at radius 2 is 2.12 bits per heavy atom. The third kappa shape index (κ3) is 1.59. The molecule has 0 bridgehead atoms. The van der Waals surface area contributed by atoms with E-state index in [2.05, 4.69) is 13.8 Å². The van der Waals surface area contributed by atoms with E-state index in [9.17, 15) is 4.79 Å². The topological polar surface area (TPSA) is 54.0 Å². The number of nitriles is 1. The van der Waals surface area contributed by atoms with Gasteiger partial charge in [0, 0.05) is 5.56 Å². The summed E-state index contributed by atoms with van der Waals surface area (Å²) in [4.78, 5) is 11.4. The van der Waals surface area contributed by atoms with Crippen LogP contribution in [0.15, 0.2) is 33.5 Å². The molecule has 0 spiro atoms. The van der Waals surface area contributed by atoms with E-state index in [0.29, 0.717) is 17.2 Å². The Morgan fingerprint density at radius 3 is 2.75 bits per heavy atom. The molecule has 0 atom stereocenters. The quantitative estimate of drug-likeness (QED) is 0.731. The molecule has 0 radical (unpaired) electrons. The first-order chi connectivity index (χ1) is 7.63. The van der Waals surface area contributed by atoms with Crippen LogP contribution in [-0.2, 0) is 0 Å². The molecule has 0 saturated heterocycles. The van der Waals surface area contributed by atoms with Crippen molar-refractivity contribution < 1.29 is 4.42 Å². The number of furan rings is 1. The van der Waals surface area contributed by atoms with E-state index in [1.807, 2.05) is 24.3 Å². The Labute approximate surface area is 93.3 Å². The summed E-state index contributed by atoms with van der Waals surface area (Å²) in [6, 6.07) is 9.25. The summed E-state index contributed by atoms with van der Waals surface area (Å²) in [5.41, 5.74) is 1.21. The Balaban J connectivity index is 2.79.